The van der Waals surface area contributed by atoms with Gasteiger partial charge in [-0.2, -0.15) is 0 Å². The first-order valence-corrected chi connectivity index (χ1v) is 7.42. The molecule has 3 rings (SSSR count). The van der Waals surface area contributed by atoms with Crippen LogP contribution in [0.2, 0.25) is 0 Å². The summed E-state index contributed by atoms with van der Waals surface area (Å²) < 4.78 is 0. The summed E-state index contributed by atoms with van der Waals surface area (Å²) >= 11 is 0. The van der Waals surface area contributed by atoms with Crippen LogP contribution in [-0.4, -0.2) is 17.0 Å². The Labute approximate surface area is 129 Å². The number of aryl methyl sites for hydroxylation is 1. The minimum atomic E-state index is -0.846. The molecule has 0 saturated carbocycles. The van der Waals surface area contributed by atoms with E-state index in [1.54, 1.807) is 6.08 Å². The average molecular weight is 297 g/mol. The third-order valence-electron chi connectivity index (χ3n) is 4.59. The van der Waals surface area contributed by atoms with Gasteiger partial charge in [-0.25, -0.2) is 0 Å². The maximum Gasteiger partial charge on any atom is 0.307 e. The Morgan fingerprint density at radius 1 is 1.36 bits per heavy atom. The number of amides is 1. The predicted molar refractivity (Wildman–Crippen MR) is 84.8 cm³/mol. The van der Waals surface area contributed by atoms with Crippen molar-refractivity contribution < 1.29 is 14.7 Å². The second-order valence-corrected chi connectivity index (χ2v) is 6.24. The van der Waals surface area contributed by atoms with Gasteiger partial charge >= 0.3 is 5.97 Å². The molecule has 0 saturated heterocycles. The van der Waals surface area contributed by atoms with Gasteiger partial charge in [-0.3, -0.25) is 9.59 Å². The van der Waals surface area contributed by atoms with Crippen molar-refractivity contribution in [2.24, 2.45) is 0 Å². The highest BCUT2D eigenvalue weighted by Gasteiger charge is 2.50. The molecule has 0 bridgehead atoms. The number of carboxylic acid groups (broad SMARTS) is 1. The second-order valence-electron chi connectivity index (χ2n) is 6.24. The number of fused-ring (bicyclic) bond motifs is 2. The summed E-state index contributed by atoms with van der Waals surface area (Å²) in [6.45, 7) is 4.05. The maximum absolute atomic E-state index is 12.6. The number of carbonyl (C=O) groups excluding carboxylic acids is 1. The van der Waals surface area contributed by atoms with Gasteiger partial charge in [0.05, 0.1) is 11.8 Å². The van der Waals surface area contributed by atoms with Gasteiger partial charge in [0.1, 0.15) is 0 Å². The summed E-state index contributed by atoms with van der Waals surface area (Å²) in [4.78, 5) is 23.2. The highest BCUT2D eigenvalue weighted by atomic mass is 16.4. The first-order chi connectivity index (χ1) is 10.4. The van der Waals surface area contributed by atoms with Crippen molar-refractivity contribution in [2.45, 2.75) is 38.5 Å². The number of anilines is 1. The molecular formula is C18H19NO3. The topological polar surface area (TPSA) is 66.4 Å². The van der Waals surface area contributed by atoms with Gasteiger partial charge in [-0.05, 0) is 43.9 Å². The van der Waals surface area contributed by atoms with Gasteiger partial charge in [0, 0.05) is 5.69 Å². The van der Waals surface area contributed by atoms with Crippen molar-refractivity contribution in [1.82, 2.24) is 0 Å². The minimum Gasteiger partial charge on any atom is -0.481 e. The quantitative estimate of drug-likeness (QED) is 0.899. The molecule has 1 heterocycles. The molecule has 1 unspecified atom stereocenters. The van der Waals surface area contributed by atoms with Gasteiger partial charge in [0.2, 0.25) is 5.91 Å². The van der Waals surface area contributed by atoms with E-state index in [-0.39, 0.29) is 12.3 Å². The van der Waals surface area contributed by atoms with Crippen LogP contribution in [0.25, 0.3) is 0 Å². The Balaban J connectivity index is 1.92. The molecule has 1 atom stereocenters. The number of carbonyl (C=O) groups is 2. The fraction of sp³-hybridized carbons (Fsp3) is 0.333. The van der Waals surface area contributed by atoms with Crippen LogP contribution in [0.1, 0.15) is 37.3 Å². The largest absolute Gasteiger partial charge is 0.481 e. The predicted octanol–water partition coefficient (Wildman–Crippen LogP) is 3.33. The Kier molecular flexibility index (Phi) is 3.39. The number of hydrogen-bond acceptors (Lipinski definition) is 2. The summed E-state index contributed by atoms with van der Waals surface area (Å²) in [6.07, 6.45) is 4.86. The molecule has 4 heteroatoms. The highest BCUT2D eigenvalue weighted by molar-refractivity contribution is 6.07. The zero-order valence-electron chi connectivity index (χ0n) is 12.8. The number of aliphatic carboxylic acids is 1. The van der Waals surface area contributed by atoms with E-state index in [4.69, 9.17) is 5.11 Å². The SMILES string of the molecule is CC1=C(/C=C\CC(=O)O)CC2(C1)C(=O)Nc1ccc(C)cc12. The molecule has 114 valence electrons. The third kappa shape index (κ3) is 2.25. The third-order valence-corrected chi connectivity index (χ3v) is 4.59. The summed E-state index contributed by atoms with van der Waals surface area (Å²) in [5, 5.41) is 11.7. The van der Waals surface area contributed by atoms with Gasteiger partial charge in [0.25, 0.3) is 0 Å². The zero-order chi connectivity index (χ0) is 15.9. The lowest BCUT2D eigenvalue weighted by Gasteiger charge is -2.22. The number of benzene rings is 1. The molecule has 1 aromatic rings. The molecular weight excluding hydrogens is 278 g/mol. The lowest BCUT2D eigenvalue weighted by atomic mass is 9.77. The lowest BCUT2D eigenvalue weighted by Crippen LogP contribution is -2.32. The van der Waals surface area contributed by atoms with Gasteiger partial charge in [-0.15, -0.1) is 0 Å². The van der Waals surface area contributed by atoms with Crippen molar-refractivity contribution in [3.8, 4) is 0 Å². The number of carboxylic acids is 1. The molecule has 4 nitrogen and oxygen atoms in total. The molecule has 1 spiro atoms. The summed E-state index contributed by atoms with van der Waals surface area (Å²) in [6, 6.07) is 6.05. The van der Waals surface area contributed by atoms with Crippen molar-refractivity contribution in [1.29, 1.82) is 0 Å². The van der Waals surface area contributed by atoms with Crippen LogP contribution in [-0.2, 0) is 15.0 Å². The molecule has 0 radical (unpaired) electrons. The molecule has 2 N–H and O–H groups in total. The standard InChI is InChI=1S/C18H19NO3/c1-11-6-7-15-14(8-11)18(17(22)19-15)9-12(2)13(10-18)4-3-5-16(20)21/h3-4,6-8H,5,9-10H2,1-2H3,(H,19,22)(H,20,21)/b4-3-. The van der Waals surface area contributed by atoms with E-state index in [9.17, 15) is 9.59 Å². The number of rotatable bonds is 3. The minimum absolute atomic E-state index is 0.00563. The molecule has 0 fully saturated rings. The molecule has 22 heavy (non-hydrogen) atoms. The van der Waals surface area contributed by atoms with Crippen LogP contribution in [0.15, 0.2) is 41.5 Å². The Morgan fingerprint density at radius 3 is 2.86 bits per heavy atom. The van der Waals surface area contributed by atoms with Crippen LogP contribution in [0, 0.1) is 6.92 Å². The number of nitrogens with one attached hydrogen (secondary N) is 1. The van der Waals surface area contributed by atoms with Crippen LogP contribution in [0.5, 0.6) is 0 Å². The van der Waals surface area contributed by atoms with E-state index >= 15 is 0 Å². The zero-order valence-corrected chi connectivity index (χ0v) is 12.8. The molecule has 1 aromatic carbocycles. The van der Waals surface area contributed by atoms with E-state index in [1.165, 1.54) is 0 Å². The van der Waals surface area contributed by atoms with Crippen molar-refractivity contribution in [2.75, 3.05) is 5.32 Å². The van der Waals surface area contributed by atoms with E-state index in [2.05, 4.69) is 11.4 Å². The van der Waals surface area contributed by atoms with Crippen molar-refractivity contribution >= 4 is 17.6 Å². The number of hydrogen-bond donors (Lipinski definition) is 2. The van der Waals surface area contributed by atoms with E-state index in [0.29, 0.717) is 12.8 Å². The van der Waals surface area contributed by atoms with Crippen LogP contribution < -0.4 is 5.32 Å². The Hall–Kier alpha value is -2.36. The molecule has 1 aliphatic heterocycles. The average Bonchev–Trinajstić information content (AvgIpc) is 2.90. The summed E-state index contributed by atoms with van der Waals surface area (Å²) in [5.41, 5.74) is 4.82. The van der Waals surface area contributed by atoms with Gasteiger partial charge in [0.15, 0.2) is 0 Å². The van der Waals surface area contributed by atoms with Crippen molar-refractivity contribution in [3.05, 3.63) is 52.6 Å². The van der Waals surface area contributed by atoms with Gasteiger partial charge in [-0.1, -0.05) is 35.4 Å². The second kappa shape index (κ2) is 5.13. The van der Waals surface area contributed by atoms with E-state index in [0.717, 1.165) is 28.0 Å². The van der Waals surface area contributed by atoms with E-state index in [1.807, 2.05) is 32.1 Å². The first kappa shape index (κ1) is 14.6. The molecule has 2 aliphatic rings. The number of allylic oxidation sites excluding steroid dienone is 3. The fourth-order valence-electron chi connectivity index (χ4n) is 3.49. The first-order valence-electron chi connectivity index (χ1n) is 7.42. The smallest absolute Gasteiger partial charge is 0.307 e. The van der Waals surface area contributed by atoms with Crippen LogP contribution in [0.3, 0.4) is 0 Å². The van der Waals surface area contributed by atoms with Gasteiger partial charge < -0.3 is 10.4 Å². The highest BCUT2D eigenvalue weighted by Crippen LogP contribution is 2.51. The van der Waals surface area contributed by atoms with E-state index < -0.39 is 11.4 Å². The summed E-state index contributed by atoms with van der Waals surface area (Å²) in [5.74, 6) is -0.795. The van der Waals surface area contributed by atoms with Crippen LogP contribution >= 0.6 is 0 Å². The Morgan fingerprint density at radius 2 is 2.14 bits per heavy atom. The fourth-order valence-corrected chi connectivity index (χ4v) is 3.49. The maximum atomic E-state index is 12.6. The molecule has 0 aromatic heterocycles. The molecule has 1 aliphatic carbocycles. The van der Waals surface area contributed by atoms with Crippen LogP contribution in [0.4, 0.5) is 5.69 Å². The monoisotopic (exact) mass is 297 g/mol. The normalized spacial score (nSPS) is 23.5. The Bertz CT molecular complexity index is 730. The lowest BCUT2D eigenvalue weighted by molar-refractivity contribution is -0.136. The van der Waals surface area contributed by atoms with Crippen molar-refractivity contribution in [3.63, 3.8) is 0 Å². The summed E-state index contributed by atoms with van der Waals surface area (Å²) in [7, 11) is 0. The molecule has 1 amide bonds.